The third-order valence-electron chi connectivity index (χ3n) is 3.30. The van der Waals surface area contributed by atoms with E-state index in [1.54, 1.807) is 0 Å². The van der Waals surface area contributed by atoms with E-state index < -0.39 is 0 Å². The predicted octanol–water partition coefficient (Wildman–Crippen LogP) is 3.12. The van der Waals surface area contributed by atoms with E-state index in [0.29, 0.717) is 6.04 Å². The summed E-state index contributed by atoms with van der Waals surface area (Å²) in [6.07, 6.45) is 1.02. The van der Waals surface area contributed by atoms with Crippen LogP contribution in [0.1, 0.15) is 49.9 Å². The monoisotopic (exact) mass is 235 g/mol. The molecule has 0 bridgehead atoms. The van der Waals surface area contributed by atoms with Gasteiger partial charge in [-0.15, -0.1) is 0 Å². The predicted molar refractivity (Wildman–Crippen MR) is 73.2 cm³/mol. The Bertz CT molecular complexity index is 371. The van der Waals surface area contributed by atoms with E-state index in [9.17, 15) is 5.11 Å². The molecule has 0 radical (unpaired) electrons. The lowest BCUT2D eigenvalue weighted by Gasteiger charge is -2.30. The Balaban J connectivity index is 2.90. The van der Waals surface area contributed by atoms with E-state index in [1.165, 1.54) is 16.7 Å². The largest absolute Gasteiger partial charge is 0.394 e. The Morgan fingerprint density at radius 2 is 1.88 bits per heavy atom. The summed E-state index contributed by atoms with van der Waals surface area (Å²) in [6.45, 7) is 10.6. The van der Waals surface area contributed by atoms with Gasteiger partial charge in [0.2, 0.25) is 0 Å². The standard InChI is InChI=1S/C15H25NO/c1-6-14(16-15(4,5)10-17)13-8-7-11(2)12(3)9-13/h7-9,14,16-17H,6,10H2,1-5H3. The number of hydrogen-bond donors (Lipinski definition) is 2. The molecule has 1 unspecified atom stereocenters. The molecule has 2 heteroatoms. The van der Waals surface area contributed by atoms with E-state index >= 15 is 0 Å². The lowest BCUT2D eigenvalue weighted by molar-refractivity contribution is 0.174. The Morgan fingerprint density at radius 1 is 1.24 bits per heavy atom. The van der Waals surface area contributed by atoms with Crippen molar-refractivity contribution in [1.29, 1.82) is 0 Å². The fourth-order valence-electron chi connectivity index (χ4n) is 1.92. The fourth-order valence-corrected chi connectivity index (χ4v) is 1.92. The second-order valence-electron chi connectivity index (χ2n) is 5.49. The van der Waals surface area contributed by atoms with Crippen molar-refractivity contribution in [2.45, 2.75) is 52.6 Å². The van der Waals surface area contributed by atoms with Gasteiger partial charge in [0.05, 0.1) is 6.61 Å². The maximum absolute atomic E-state index is 9.32. The molecule has 1 aromatic rings. The van der Waals surface area contributed by atoms with Crippen LogP contribution in [0.5, 0.6) is 0 Å². The van der Waals surface area contributed by atoms with Crippen LogP contribution in [0, 0.1) is 13.8 Å². The Kier molecular flexibility index (Phi) is 4.72. The second kappa shape index (κ2) is 5.65. The van der Waals surface area contributed by atoms with Crippen molar-refractivity contribution in [3.63, 3.8) is 0 Å². The van der Waals surface area contributed by atoms with Gasteiger partial charge in [0.1, 0.15) is 0 Å². The van der Waals surface area contributed by atoms with Gasteiger partial charge in [-0.05, 0) is 50.8 Å². The summed E-state index contributed by atoms with van der Waals surface area (Å²) in [7, 11) is 0. The molecule has 96 valence electrons. The molecule has 0 spiro atoms. The third kappa shape index (κ3) is 3.83. The first-order valence-corrected chi connectivity index (χ1v) is 6.35. The van der Waals surface area contributed by atoms with Crippen LogP contribution in [0.25, 0.3) is 0 Å². The highest BCUT2D eigenvalue weighted by molar-refractivity contribution is 5.31. The molecular formula is C15H25NO. The van der Waals surface area contributed by atoms with Crippen LogP contribution in [-0.2, 0) is 0 Å². The zero-order valence-corrected chi connectivity index (χ0v) is 11.7. The van der Waals surface area contributed by atoms with Crippen molar-refractivity contribution < 1.29 is 5.11 Å². The zero-order chi connectivity index (χ0) is 13.1. The number of hydrogen-bond acceptors (Lipinski definition) is 2. The molecule has 1 aromatic carbocycles. The minimum absolute atomic E-state index is 0.147. The molecule has 0 amide bonds. The van der Waals surface area contributed by atoms with Crippen molar-refractivity contribution in [1.82, 2.24) is 5.32 Å². The van der Waals surface area contributed by atoms with E-state index in [1.807, 2.05) is 13.8 Å². The highest BCUT2D eigenvalue weighted by atomic mass is 16.3. The van der Waals surface area contributed by atoms with Crippen molar-refractivity contribution in [2.24, 2.45) is 0 Å². The summed E-state index contributed by atoms with van der Waals surface area (Å²) in [5.74, 6) is 0. The number of benzene rings is 1. The van der Waals surface area contributed by atoms with Crippen LogP contribution < -0.4 is 5.32 Å². The molecule has 2 N–H and O–H groups in total. The molecule has 0 heterocycles. The highest BCUT2D eigenvalue weighted by Gasteiger charge is 2.21. The van der Waals surface area contributed by atoms with Crippen LogP contribution >= 0.6 is 0 Å². The summed E-state index contributed by atoms with van der Waals surface area (Å²) >= 11 is 0. The molecule has 0 aromatic heterocycles. The molecular weight excluding hydrogens is 210 g/mol. The first-order chi connectivity index (χ1) is 7.89. The lowest BCUT2D eigenvalue weighted by Crippen LogP contribution is -2.44. The number of aliphatic hydroxyl groups excluding tert-OH is 1. The summed E-state index contributed by atoms with van der Waals surface area (Å²) in [4.78, 5) is 0. The number of aryl methyl sites for hydroxylation is 2. The van der Waals surface area contributed by atoms with E-state index in [0.717, 1.165) is 6.42 Å². The Morgan fingerprint density at radius 3 is 2.35 bits per heavy atom. The zero-order valence-electron chi connectivity index (χ0n) is 11.7. The molecule has 17 heavy (non-hydrogen) atoms. The van der Waals surface area contributed by atoms with Gasteiger partial charge in [-0.2, -0.15) is 0 Å². The SMILES string of the molecule is CCC(NC(C)(C)CO)c1ccc(C)c(C)c1. The maximum Gasteiger partial charge on any atom is 0.0608 e. The maximum atomic E-state index is 9.32. The van der Waals surface area contributed by atoms with Crippen LogP contribution in [0.2, 0.25) is 0 Å². The summed E-state index contributed by atoms with van der Waals surface area (Å²) in [5.41, 5.74) is 3.71. The van der Waals surface area contributed by atoms with Crippen molar-refractivity contribution in [3.8, 4) is 0 Å². The van der Waals surface area contributed by atoms with Gasteiger partial charge in [-0.25, -0.2) is 0 Å². The number of aliphatic hydroxyl groups is 1. The average Bonchev–Trinajstić information content (AvgIpc) is 2.30. The Labute approximate surface area is 105 Å². The fraction of sp³-hybridized carbons (Fsp3) is 0.600. The number of rotatable bonds is 5. The van der Waals surface area contributed by atoms with E-state index in [2.05, 4.69) is 44.3 Å². The average molecular weight is 235 g/mol. The second-order valence-corrected chi connectivity index (χ2v) is 5.49. The van der Waals surface area contributed by atoms with Crippen LogP contribution in [0.3, 0.4) is 0 Å². The normalized spacial score (nSPS) is 13.8. The van der Waals surface area contributed by atoms with Crippen LogP contribution in [0.4, 0.5) is 0 Å². The van der Waals surface area contributed by atoms with Gasteiger partial charge < -0.3 is 10.4 Å². The topological polar surface area (TPSA) is 32.3 Å². The van der Waals surface area contributed by atoms with Crippen molar-refractivity contribution in [2.75, 3.05) is 6.61 Å². The van der Waals surface area contributed by atoms with E-state index in [4.69, 9.17) is 0 Å². The van der Waals surface area contributed by atoms with Gasteiger partial charge in [0.25, 0.3) is 0 Å². The quantitative estimate of drug-likeness (QED) is 0.822. The van der Waals surface area contributed by atoms with Crippen LogP contribution in [0.15, 0.2) is 18.2 Å². The van der Waals surface area contributed by atoms with Gasteiger partial charge in [0.15, 0.2) is 0 Å². The third-order valence-corrected chi connectivity index (χ3v) is 3.30. The van der Waals surface area contributed by atoms with Crippen molar-refractivity contribution in [3.05, 3.63) is 34.9 Å². The van der Waals surface area contributed by atoms with Gasteiger partial charge in [-0.3, -0.25) is 0 Å². The first kappa shape index (κ1) is 14.2. The summed E-state index contributed by atoms with van der Waals surface area (Å²) in [6, 6.07) is 6.89. The smallest absolute Gasteiger partial charge is 0.0608 e. The molecule has 0 saturated carbocycles. The highest BCUT2D eigenvalue weighted by Crippen LogP contribution is 2.22. The van der Waals surface area contributed by atoms with Gasteiger partial charge in [-0.1, -0.05) is 25.1 Å². The molecule has 1 rings (SSSR count). The number of nitrogens with one attached hydrogen (secondary N) is 1. The first-order valence-electron chi connectivity index (χ1n) is 6.35. The molecule has 2 nitrogen and oxygen atoms in total. The van der Waals surface area contributed by atoms with Crippen molar-refractivity contribution >= 4 is 0 Å². The summed E-state index contributed by atoms with van der Waals surface area (Å²) < 4.78 is 0. The van der Waals surface area contributed by atoms with Crippen LogP contribution in [-0.4, -0.2) is 17.3 Å². The molecule has 0 aliphatic heterocycles. The lowest BCUT2D eigenvalue weighted by atomic mass is 9.96. The molecule has 0 aliphatic rings. The van der Waals surface area contributed by atoms with E-state index in [-0.39, 0.29) is 12.1 Å². The van der Waals surface area contributed by atoms with Gasteiger partial charge in [0, 0.05) is 11.6 Å². The minimum Gasteiger partial charge on any atom is -0.394 e. The molecule has 0 saturated heterocycles. The molecule has 1 atom stereocenters. The molecule has 0 aliphatic carbocycles. The Hall–Kier alpha value is -0.860. The summed E-state index contributed by atoms with van der Waals surface area (Å²) in [5, 5.41) is 12.8. The minimum atomic E-state index is -0.237. The van der Waals surface area contributed by atoms with Gasteiger partial charge >= 0.3 is 0 Å². The molecule has 0 fully saturated rings.